The van der Waals surface area contributed by atoms with Crippen LogP contribution in [0.1, 0.15) is 0 Å². The van der Waals surface area contributed by atoms with Crippen molar-refractivity contribution >= 4 is 11.6 Å². The summed E-state index contributed by atoms with van der Waals surface area (Å²) in [7, 11) is 0. The van der Waals surface area contributed by atoms with Crippen molar-refractivity contribution < 1.29 is 8.78 Å². The molecule has 0 bridgehead atoms. The maximum absolute atomic E-state index is 13.4. The summed E-state index contributed by atoms with van der Waals surface area (Å²) in [5.41, 5.74) is 0.428. The number of halogens is 3. The molecule has 1 aromatic carbocycles. The highest BCUT2D eigenvalue weighted by molar-refractivity contribution is 6.30. The predicted molar refractivity (Wildman–Crippen MR) is 54.6 cm³/mol. The molecule has 15 heavy (non-hydrogen) atoms. The molecule has 0 aliphatic rings. The summed E-state index contributed by atoms with van der Waals surface area (Å²) in [5, 5.41) is 0.434. The van der Waals surface area contributed by atoms with Crippen molar-refractivity contribution in [3.8, 4) is 11.3 Å². The standard InChI is InChI=1S/C11H6ClF2N/c12-7-4-5-15-10(6-7)8-2-1-3-9(13)11(8)14/h1-6H. The van der Waals surface area contributed by atoms with Crippen LogP contribution in [0, 0.1) is 11.6 Å². The quantitative estimate of drug-likeness (QED) is 0.722. The van der Waals surface area contributed by atoms with Gasteiger partial charge in [0.25, 0.3) is 0 Å². The van der Waals surface area contributed by atoms with Gasteiger partial charge in [-0.3, -0.25) is 4.98 Å². The zero-order valence-corrected chi connectivity index (χ0v) is 8.30. The maximum Gasteiger partial charge on any atom is 0.168 e. The number of rotatable bonds is 1. The van der Waals surface area contributed by atoms with E-state index in [9.17, 15) is 8.78 Å². The lowest BCUT2D eigenvalue weighted by atomic mass is 10.1. The van der Waals surface area contributed by atoms with Gasteiger partial charge in [-0.1, -0.05) is 17.7 Å². The summed E-state index contributed by atoms with van der Waals surface area (Å²) >= 11 is 5.73. The van der Waals surface area contributed by atoms with Crippen LogP contribution in [0.3, 0.4) is 0 Å². The van der Waals surface area contributed by atoms with Gasteiger partial charge in [0.1, 0.15) is 0 Å². The minimum Gasteiger partial charge on any atom is -0.256 e. The van der Waals surface area contributed by atoms with Crippen LogP contribution in [0.4, 0.5) is 8.78 Å². The molecule has 0 atom stereocenters. The number of benzene rings is 1. The second-order valence-electron chi connectivity index (χ2n) is 2.96. The zero-order valence-electron chi connectivity index (χ0n) is 7.55. The Hall–Kier alpha value is -1.48. The molecule has 1 nitrogen and oxygen atoms in total. The number of pyridine rings is 1. The first-order valence-electron chi connectivity index (χ1n) is 4.24. The molecule has 0 fully saturated rings. The average molecular weight is 226 g/mol. The fourth-order valence-corrected chi connectivity index (χ4v) is 1.41. The van der Waals surface area contributed by atoms with E-state index in [1.807, 2.05) is 0 Å². The van der Waals surface area contributed by atoms with Gasteiger partial charge in [-0.05, 0) is 24.3 Å². The first-order valence-corrected chi connectivity index (χ1v) is 4.62. The van der Waals surface area contributed by atoms with Crippen LogP contribution in [-0.4, -0.2) is 4.98 Å². The van der Waals surface area contributed by atoms with Crippen LogP contribution in [0.15, 0.2) is 36.5 Å². The molecule has 0 unspecified atom stereocenters. The Morgan fingerprint density at radius 1 is 1.13 bits per heavy atom. The van der Waals surface area contributed by atoms with E-state index < -0.39 is 11.6 Å². The molecular formula is C11H6ClF2N. The van der Waals surface area contributed by atoms with Gasteiger partial charge >= 0.3 is 0 Å². The molecule has 0 aliphatic heterocycles. The third kappa shape index (κ3) is 1.97. The average Bonchev–Trinajstić information content (AvgIpc) is 2.22. The number of nitrogens with zero attached hydrogens (tertiary/aromatic N) is 1. The Kier molecular flexibility index (Phi) is 2.64. The highest BCUT2D eigenvalue weighted by atomic mass is 35.5. The molecule has 0 saturated carbocycles. The van der Waals surface area contributed by atoms with Crippen LogP contribution in [-0.2, 0) is 0 Å². The Morgan fingerprint density at radius 3 is 2.67 bits per heavy atom. The summed E-state index contributed by atoms with van der Waals surface area (Å²) in [5.74, 6) is -1.80. The van der Waals surface area contributed by atoms with Crippen molar-refractivity contribution in [2.75, 3.05) is 0 Å². The topological polar surface area (TPSA) is 12.9 Å². The zero-order chi connectivity index (χ0) is 10.8. The summed E-state index contributed by atoms with van der Waals surface area (Å²) < 4.78 is 26.3. The van der Waals surface area contributed by atoms with Gasteiger partial charge in [-0.2, -0.15) is 0 Å². The third-order valence-electron chi connectivity index (χ3n) is 1.95. The normalized spacial score (nSPS) is 10.3. The Morgan fingerprint density at radius 2 is 1.93 bits per heavy atom. The SMILES string of the molecule is Fc1cccc(-c2cc(Cl)ccn2)c1F. The lowest BCUT2D eigenvalue weighted by Gasteiger charge is -2.03. The van der Waals surface area contributed by atoms with Crippen LogP contribution in [0.5, 0.6) is 0 Å². The molecule has 2 aromatic rings. The summed E-state index contributed by atoms with van der Waals surface area (Å²) in [6.07, 6.45) is 1.45. The largest absolute Gasteiger partial charge is 0.256 e. The van der Waals surface area contributed by atoms with Crippen LogP contribution in [0.25, 0.3) is 11.3 Å². The first-order chi connectivity index (χ1) is 7.18. The van der Waals surface area contributed by atoms with Gasteiger partial charge in [-0.25, -0.2) is 8.78 Å². The highest BCUT2D eigenvalue weighted by Gasteiger charge is 2.10. The fourth-order valence-electron chi connectivity index (χ4n) is 1.25. The maximum atomic E-state index is 13.4. The molecule has 1 aromatic heterocycles. The monoisotopic (exact) mass is 225 g/mol. The molecule has 0 spiro atoms. The minimum atomic E-state index is -0.910. The summed E-state index contributed by atoms with van der Waals surface area (Å²) in [4.78, 5) is 3.92. The summed E-state index contributed by atoms with van der Waals surface area (Å²) in [6.45, 7) is 0. The van der Waals surface area contributed by atoms with Gasteiger partial charge in [0.2, 0.25) is 0 Å². The van der Waals surface area contributed by atoms with Crippen molar-refractivity contribution in [1.82, 2.24) is 4.98 Å². The number of aromatic nitrogens is 1. The van der Waals surface area contributed by atoms with Crippen LogP contribution in [0.2, 0.25) is 5.02 Å². The number of hydrogen-bond donors (Lipinski definition) is 0. The van der Waals surface area contributed by atoms with E-state index in [1.54, 1.807) is 6.07 Å². The van der Waals surface area contributed by atoms with Crippen molar-refractivity contribution in [3.63, 3.8) is 0 Å². The Balaban J connectivity index is 2.59. The van der Waals surface area contributed by atoms with Crippen molar-refractivity contribution in [2.24, 2.45) is 0 Å². The lowest BCUT2D eigenvalue weighted by Crippen LogP contribution is -1.90. The molecule has 0 amide bonds. The summed E-state index contributed by atoms with van der Waals surface area (Å²) in [6, 6.07) is 7.00. The van der Waals surface area contributed by atoms with Crippen molar-refractivity contribution in [3.05, 3.63) is 53.2 Å². The van der Waals surface area contributed by atoms with Crippen LogP contribution >= 0.6 is 11.6 Å². The number of hydrogen-bond acceptors (Lipinski definition) is 1. The van der Waals surface area contributed by atoms with Crippen molar-refractivity contribution in [2.45, 2.75) is 0 Å². The molecule has 0 N–H and O–H groups in total. The second-order valence-corrected chi connectivity index (χ2v) is 3.40. The lowest BCUT2D eigenvalue weighted by molar-refractivity contribution is 0.511. The van der Waals surface area contributed by atoms with E-state index in [0.29, 0.717) is 10.7 Å². The predicted octanol–water partition coefficient (Wildman–Crippen LogP) is 3.68. The van der Waals surface area contributed by atoms with Gasteiger partial charge in [0.05, 0.1) is 5.69 Å². The van der Waals surface area contributed by atoms with Gasteiger partial charge in [-0.15, -0.1) is 0 Å². The minimum absolute atomic E-state index is 0.109. The van der Waals surface area contributed by atoms with Crippen LogP contribution < -0.4 is 0 Å². The highest BCUT2D eigenvalue weighted by Crippen LogP contribution is 2.24. The van der Waals surface area contributed by atoms with E-state index in [1.165, 1.54) is 24.4 Å². The third-order valence-corrected chi connectivity index (χ3v) is 2.18. The molecule has 2 rings (SSSR count). The van der Waals surface area contributed by atoms with E-state index in [4.69, 9.17) is 11.6 Å². The smallest absolute Gasteiger partial charge is 0.168 e. The molecule has 76 valence electrons. The Bertz CT molecular complexity index is 500. The van der Waals surface area contributed by atoms with E-state index >= 15 is 0 Å². The van der Waals surface area contributed by atoms with Gasteiger partial charge < -0.3 is 0 Å². The van der Waals surface area contributed by atoms with Crippen molar-refractivity contribution in [1.29, 1.82) is 0 Å². The van der Waals surface area contributed by atoms with E-state index in [0.717, 1.165) is 6.07 Å². The Labute approximate surface area is 90.3 Å². The molecule has 1 heterocycles. The molecule has 0 radical (unpaired) electrons. The molecular weight excluding hydrogens is 220 g/mol. The second kappa shape index (κ2) is 3.95. The van der Waals surface area contributed by atoms with Gasteiger partial charge in [0, 0.05) is 16.8 Å². The van der Waals surface area contributed by atoms with E-state index in [-0.39, 0.29) is 5.56 Å². The molecule has 0 saturated heterocycles. The molecule has 4 heteroatoms. The van der Waals surface area contributed by atoms with Gasteiger partial charge in [0.15, 0.2) is 11.6 Å². The van der Waals surface area contributed by atoms with E-state index in [2.05, 4.69) is 4.98 Å². The molecule has 0 aliphatic carbocycles. The fraction of sp³-hybridized carbons (Fsp3) is 0. The first kappa shape index (κ1) is 10.1.